The number of carbonyl (C=O) groups is 1. The number of nitrogens with one attached hydrogen (secondary N) is 1. The van der Waals surface area contributed by atoms with E-state index in [4.69, 9.17) is 21.1 Å². The highest BCUT2D eigenvalue weighted by Crippen LogP contribution is 2.27. The molecule has 0 saturated carbocycles. The van der Waals surface area contributed by atoms with Crippen LogP contribution in [0.4, 0.5) is 5.69 Å². The maximum atomic E-state index is 11.4. The maximum absolute atomic E-state index is 11.4. The van der Waals surface area contributed by atoms with Gasteiger partial charge in [0.25, 0.3) is 0 Å². The summed E-state index contributed by atoms with van der Waals surface area (Å²) in [5.74, 6) is 0.308. The SMILES string of the molecule is CCC(Nc1ccc(OC)c(Cl)c1)C(=O)OC. The Labute approximate surface area is 106 Å². The van der Waals surface area contributed by atoms with Crippen LogP contribution in [0.5, 0.6) is 5.75 Å². The molecule has 1 aromatic rings. The molecule has 0 heterocycles. The molecule has 0 fully saturated rings. The zero-order valence-electron chi connectivity index (χ0n) is 10.1. The number of rotatable bonds is 5. The summed E-state index contributed by atoms with van der Waals surface area (Å²) in [7, 11) is 2.92. The van der Waals surface area contributed by atoms with Crippen molar-refractivity contribution in [2.75, 3.05) is 19.5 Å². The molecule has 4 nitrogen and oxygen atoms in total. The fraction of sp³-hybridized carbons (Fsp3) is 0.417. The number of ether oxygens (including phenoxy) is 2. The summed E-state index contributed by atoms with van der Waals surface area (Å²) in [6, 6.07) is 4.89. The molecule has 0 aliphatic heterocycles. The molecule has 1 unspecified atom stereocenters. The van der Waals surface area contributed by atoms with Gasteiger partial charge in [0.2, 0.25) is 0 Å². The van der Waals surface area contributed by atoms with Crippen molar-refractivity contribution in [2.45, 2.75) is 19.4 Å². The molecule has 0 bridgehead atoms. The number of hydrogen-bond donors (Lipinski definition) is 1. The van der Waals surface area contributed by atoms with Crippen LogP contribution in [-0.2, 0) is 9.53 Å². The highest BCUT2D eigenvalue weighted by molar-refractivity contribution is 6.32. The lowest BCUT2D eigenvalue weighted by atomic mass is 10.2. The Morgan fingerprint density at radius 3 is 2.65 bits per heavy atom. The van der Waals surface area contributed by atoms with Gasteiger partial charge in [0.15, 0.2) is 0 Å². The largest absolute Gasteiger partial charge is 0.495 e. The Hall–Kier alpha value is -1.42. The van der Waals surface area contributed by atoms with Crippen LogP contribution in [0.15, 0.2) is 18.2 Å². The first kappa shape index (κ1) is 13.6. The smallest absolute Gasteiger partial charge is 0.328 e. The number of carbonyl (C=O) groups excluding carboxylic acids is 1. The molecule has 0 radical (unpaired) electrons. The molecule has 94 valence electrons. The third-order valence-corrected chi connectivity index (χ3v) is 2.68. The fourth-order valence-corrected chi connectivity index (χ4v) is 1.68. The van der Waals surface area contributed by atoms with Gasteiger partial charge in [-0.15, -0.1) is 0 Å². The van der Waals surface area contributed by atoms with Crippen molar-refractivity contribution in [2.24, 2.45) is 0 Å². The lowest BCUT2D eigenvalue weighted by Gasteiger charge is -2.16. The van der Waals surface area contributed by atoms with Crippen LogP contribution in [0, 0.1) is 0 Å². The van der Waals surface area contributed by atoms with Crippen molar-refractivity contribution < 1.29 is 14.3 Å². The molecule has 0 aromatic heterocycles. The highest BCUT2D eigenvalue weighted by atomic mass is 35.5. The first-order chi connectivity index (χ1) is 8.12. The monoisotopic (exact) mass is 257 g/mol. The number of halogens is 1. The van der Waals surface area contributed by atoms with Gasteiger partial charge in [0, 0.05) is 5.69 Å². The topological polar surface area (TPSA) is 47.6 Å². The summed E-state index contributed by atoms with van der Waals surface area (Å²) in [4.78, 5) is 11.4. The van der Waals surface area contributed by atoms with E-state index >= 15 is 0 Å². The van der Waals surface area contributed by atoms with E-state index in [9.17, 15) is 4.79 Å². The van der Waals surface area contributed by atoms with Crippen molar-refractivity contribution in [1.82, 2.24) is 0 Å². The molecule has 1 atom stereocenters. The van der Waals surface area contributed by atoms with Crippen molar-refractivity contribution in [3.05, 3.63) is 23.2 Å². The molecule has 1 rings (SSSR count). The van der Waals surface area contributed by atoms with Gasteiger partial charge in [-0.25, -0.2) is 4.79 Å². The van der Waals surface area contributed by atoms with Crippen LogP contribution in [0.25, 0.3) is 0 Å². The minimum atomic E-state index is -0.371. The van der Waals surface area contributed by atoms with Crippen molar-refractivity contribution in [1.29, 1.82) is 0 Å². The molecule has 5 heteroatoms. The summed E-state index contributed by atoms with van der Waals surface area (Å²) in [5.41, 5.74) is 0.757. The van der Waals surface area contributed by atoms with Gasteiger partial charge in [-0.2, -0.15) is 0 Å². The molecule has 17 heavy (non-hydrogen) atoms. The first-order valence-electron chi connectivity index (χ1n) is 5.30. The molecule has 0 saturated heterocycles. The van der Waals surface area contributed by atoms with Crippen molar-refractivity contribution >= 4 is 23.3 Å². The Balaban J connectivity index is 2.80. The van der Waals surface area contributed by atoms with Gasteiger partial charge in [-0.05, 0) is 24.6 Å². The number of esters is 1. The number of methoxy groups -OCH3 is 2. The number of hydrogen-bond acceptors (Lipinski definition) is 4. The van der Waals surface area contributed by atoms with Gasteiger partial charge in [0.1, 0.15) is 11.8 Å². The Morgan fingerprint density at radius 2 is 2.18 bits per heavy atom. The molecule has 0 amide bonds. The lowest BCUT2D eigenvalue weighted by molar-refractivity contribution is -0.141. The quantitative estimate of drug-likeness (QED) is 0.824. The van der Waals surface area contributed by atoms with E-state index in [1.807, 2.05) is 6.92 Å². The van der Waals surface area contributed by atoms with Crippen LogP contribution in [-0.4, -0.2) is 26.2 Å². The average Bonchev–Trinajstić information content (AvgIpc) is 2.35. The van der Waals surface area contributed by atoms with Crippen molar-refractivity contribution in [3.63, 3.8) is 0 Å². The lowest BCUT2D eigenvalue weighted by Crippen LogP contribution is -2.29. The summed E-state index contributed by atoms with van der Waals surface area (Å²) < 4.78 is 9.74. The molecule has 1 N–H and O–H groups in total. The van der Waals surface area contributed by atoms with Crippen molar-refractivity contribution in [3.8, 4) is 5.75 Å². The zero-order chi connectivity index (χ0) is 12.8. The van der Waals surface area contributed by atoms with Crippen LogP contribution >= 0.6 is 11.6 Å². The van der Waals surface area contributed by atoms with Gasteiger partial charge < -0.3 is 14.8 Å². The Bertz CT molecular complexity index is 395. The van der Waals surface area contributed by atoms with E-state index in [0.29, 0.717) is 17.2 Å². The predicted octanol–water partition coefficient (Wildman–Crippen LogP) is 2.71. The third-order valence-electron chi connectivity index (χ3n) is 2.39. The third kappa shape index (κ3) is 3.53. The zero-order valence-corrected chi connectivity index (χ0v) is 10.9. The highest BCUT2D eigenvalue weighted by Gasteiger charge is 2.16. The fourth-order valence-electron chi connectivity index (χ4n) is 1.43. The molecule has 0 spiro atoms. The van der Waals surface area contributed by atoms with Gasteiger partial charge in [0.05, 0.1) is 19.2 Å². The first-order valence-corrected chi connectivity index (χ1v) is 5.68. The standard InChI is InChI=1S/C12H16ClNO3/c1-4-10(12(15)17-3)14-8-5-6-11(16-2)9(13)7-8/h5-7,10,14H,4H2,1-3H3. The maximum Gasteiger partial charge on any atom is 0.328 e. The summed E-state index contributed by atoms with van der Waals surface area (Å²) >= 11 is 5.99. The van der Waals surface area contributed by atoms with Gasteiger partial charge in [-0.1, -0.05) is 18.5 Å². The second-order valence-electron chi connectivity index (χ2n) is 3.48. The Kier molecular flexibility index (Phi) is 5.10. The second kappa shape index (κ2) is 6.35. The van der Waals surface area contributed by atoms with Crippen LogP contribution in [0.2, 0.25) is 5.02 Å². The average molecular weight is 258 g/mol. The summed E-state index contributed by atoms with van der Waals surface area (Å²) in [5, 5.41) is 3.55. The van der Waals surface area contributed by atoms with Gasteiger partial charge in [-0.3, -0.25) is 0 Å². The normalized spacial score (nSPS) is 11.8. The van der Waals surface area contributed by atoms with E-state index in [1.54, 1.807) is 25.3 Å². The number of benzene rings is 1. The minimum absolute atomic E-state index is 0.292. The van der Waals surface area contributed by atoms with Crippen LogP contribution < -0.4 is 10.1 Å². The van der Waals surface area contributed by atoms with E-state index in [-0.39, 0.29) is 12.0 Å². The number of anilines is 1. The predicted molar refractivity (Wildman–Crippen MR) is 67.7 cm³/mol. The molecular weight excluding hydrogens is 242 g/mol. The van der Waals surface area contributed by atoms with E-state index < -0.39 is 0 Å². The van der Waals surface area contributed by atoms with Crippen LogP contribution in [0.3, 0.4) is 0 Å². The second-order valence-corrected chi connectivity index (χ2v) is 3.88. The van der Waals surface area contributed by atoms with E-state index in [1.165, 1.54) is 7.11 Å². The molecule has 1 aromatic carbocycles. The van der Waals surface area contributed by atoms with Crippen LogP contribution in [0.1, 0.15) is 13.3 Å². The molecular formula is C12H16ClNO3. The van der Waals surface area contributed by atoms with E-state index in [0.717, 1.165) is 5.69 Å². The van der Waals surface area contributed by atoms with E-state index in [2.05, 4.69) is 5.32 Å². The Morgan fingerprint density at radius 1 is 1.47 bits per heavy atom. The van der Waals surface area contributed by atoms with Gasteiger partial charge >= 0.3 is 5.97 Å². The minimum Gasteiger partial charge on any atom is -0.495 e. The summed E-state index contributed by atoms with van der Waals surface area (Å²) in [6.07, 6.45) is 0.635. The molecule has 0 aliphatic rings. The summed E-state index contributed by atoms with van der Waals surface area (Å²) in [6.45, 7) is 1.90. The molecule has 0 aliphatic carbocycles.